The molecule has 1 aromatic heterocycles. The SMILES string of the molecule is CCOC(=O)c1cnc(SC)nc1NCCS(C)(=O)=O. The molecule has 0 aromatic carbocycles. The van der Waals surface area contributed by atoms with Gasteiger partial charge in [-0.3, -0.25) is 0 Å². The van der Waals surface area contributed by atoms with E-state index >= 15 is 0 Å². The molecule has 0 spiro atoms. The Hall–Kier alpha value is -1.35. The minimum Gasteiger partial charge on any atom is -0.462 e. The Morgan fingerprint density at radius 2 is 2.20 bits per heavy atom. The summed E-state index contributed by atoms with van der Waals surface area (Å²) in [6, 6.07) is 0. The molecule has 0 saturated heterocycles. The lowest BCUT2D eigenvalue weighted by molar-refractivity contribution is 0.0526. The maximum Gasteiger partial charge on any atom is 0.343 e. The van der Waals surface area contributed by atoms with Gasteiger partial charge in [0.1, 0.15) is 21.2 Å². The van der Waals surface area contributed by atoms with Crippen molar-refractivity contribution in [2.75, 3.05) is 36.7 Å². The van der Waals surface area contributed by atoms with Gasteiger partial charge in [-0.2, -0.15) is 0 Å². The molecular weight excluding hydrogens is 302 g/mol. The van der Waals surface area contributed by atoms with E-state index in [1.807, 2.05) is 0 Å². The van der Waals surface area contributed by atoms with E-state index in [0.717, 1.165) is 6.26 Å². The molecule has 0 saturated carbocycles. The zero-order valence-corrected chi connectivity index (χ0v) is 13.2. The van der Waals surface area contributed by atoms with Crippen molar-refractivity contribution in [1.82, 2.24) is 9.97 Å². The summed E-state index contributed by atoms with van der Waals surface area (Å²) in [7, 11) is -3.08. The summed E-state index contributed by atoms with van der Waals surface area (Å²) in [5.41, 5.74) is 0.193. The number of thioether (sulfide) groups is 1. The van der Waals surface area contributed by atoms with Crippen LogP contribution >= 0.6 is 11.8 Å². The van der Waals surface area contributed by atoms with E-state index in [1.165, 1.54) is 18.0 Å². The summed E-state index contributed by atoms with van der Waals surface area (Å²) in [4.78, 5) is 19.9. The molecule has 20 heavy (non-hydrogen) atoms. The molecule has 0 radical (unpaired) electrons. The molecule has 0 aliphatic heterocycles. The number of aromatic nitrogens is 2. The van der Waals surface area contributed by atoms with Crippen LogP contribution in [0.5, 0.6) is 0 Å². The first-order chi connectivity index (χ1) is 9.37. The van der Waals surface area contributed by atoms with Gasteiger partial charge in [0.2, 0.25) is 0 Å². The van der Waals surface area contributed by atoms with Gasteiger partial charge in [0.05, 0.1) is 12.4 Å². The van der Waals surface area contributed by atoms with Crippen LogP contribution < -0.4 is 5.32 Å². The Labute approximate surface area is 122 Å². The second-order valence-corrected chi connectivity index (χ2v) is 6.93. The van der Waals surface area contributed by atoms with Gasteiger partial charge in [0, 0.05) is 19.0 Å². The van der Waals surface area contributed by atoms with Gasteiger partial charge < -0.3 is 10.1 Å². The lowest BCUT2D eigenvalue weighted by atomic mass is 10.3. The Morgan fingerprint density at radius 1 is 1.50 bits per heavy atom. The second kappa shape index (κ2) is 7.44. The van der Waals surface area contributed by atoms with Crippen LogP contribution in [0.3, 0.4) is 0 Å². The van der Waals surface area contributed by atoms with Crippen LogP contribution in [0.4, 0.5) is 5.82 Å². The number of rotatable bonds is 7. The van der Waals surface area contributed by atoms with Crippen molar-refractivity contribution >= 4 is 33.4 Å². The van der Waals surface area contributed by atoms with Gasteiger partial charge in [0.15, 0.2) is 5.16 Å². The number of nitrogens with zero attached hydrogens (tertiary/aromatic N) is 2. The highest BCUT2D eigenvalue weighted by atomic mass is 32.2. The highest BCUT2D eigenvalue weighted by Crippen LogP contribution is 2.17. The molecule has 0 aliphatic rings. The maximum atomic E-state index is 11.8. The smallest absolute Gasteiger partial charge is 0.343 e. The summed E-state index contributed by atoms with van der Waals surface area (Å²) < 4.78 is 27.1. The van der Waals surface area contributed by atoms with Crippen LogP contribution in [-0.4, -0.2) is 55.8 Å². The van der Waals surface area contributed by atoms with Gasteiger partial charge in [-0.1, -0.05) is 11.8 Å². The molecule has 9 heteroatoms. The van der Waals surface area contributed by atoms with Gasteiger partial charge in [-0.05, 0) is 13.2 Å². The summed E-state index contributed by atoms with van der Waals surface area (Å²) in [6.07, 6.45) is 4.33. The van der Waals surface area contributed by atoms with Crippen LogP contribution in [0.1, 0.15) is 17.3 Å². The van der Waals surface area contributed by atoms with Crippen molar-refractivity contribution in [1.29, 1.82) is 0 Å². The predicted octanol–water partition coefficient (Wildman–Crippen LogP) is 0.832. The van der Waals surface area contributed by atoms with Crippen molar-refractivity contribution in [3.05, 3.63) is 11.8 Å². The fourth-order valence-corrected chi connectivity index (χ4v) is 2.13. The van der Waals surface area contributed by atoms with E-state index in [9.17, 15) is 13.2 Å². The van der Waals surface area contributed by atoms with E-state index in [1.54, 1.807) is 13.2 Å². The minimum atomic E-state index is -3.08. The number of anilines is 1. The number of nitrogens with one attached hydrogen (secondary N) is 1. The molecular formula is C11H17N3O4S2. The quantitative estimate of drug-likeness (QED) is 0.448. The summed E-state index contributed by atoms with van der Waals surface area (Å²) >= 11 is 1.32. The standard InChI is InChI=1S/C11H17N3O4S2/c1-4-18-10(15)8-7-13-11(19-2)14-9(8)12-5-6-20(3,16)17/h7H,4-6H2,1-3H3,(H,12,13,14). The first kappa shape index (κ1) is 16.7. The van der Waals surface area contributed by atoms with Crippen LogP contribution in [0.25, 0.3) is 0 Å². The molecule has 1 aromatic rings. The fraction of sp³-hybridized carbons (Fsp3) is 0.545. The van der Waals surface area contributed by atoms with Crippen molar-refractivity contribution in [2.45, 2.75) is 12.1 Å². The summed E-state index contributed by atoms with van der Waals surface area (Å²) in [6.45, 7) is 2.10. The average Bonchev–Trinajstić information content (AvgIpc) is 2.37. The summed E-state index contributed by atoms with van der Waals surface area (Å²) in [5, 5.41) is 3.33. The zero-order valence-electron chi connectivity index (χ0n) is 11.5. The molecule has 0 unspecified atom stereocenters. The molecule has 1 rings (SSSR count). The van der Waals surface area contributed by atoms with Gasteiger partial charge in [0.25, 0.3) is 0 Å². The lowest BCUT2D eigenvalue weighted by Crippen LogP contribution is -2.18. The predicted molar refractivity (Wildman–Crippen MR) is 78.0 cm³/mol. The Kier molecular flexibility index (Phi) is 6.21. The Balaban J connectivity index is 2.91. The van der Waals surface area contributed by atoms with Crippen LogP contribution in [0, 0.1) is 0 Å². The number of sulfone groups is 1. The monoisotopic (exact) mass is 319 g/mol. The number of esters is 1. The highest BCUT2D eigenvalue weighted by molar-refractivity contribution is 7.98. The van der Waals surface area contributed by atoms with E-state index in [4.69, 9.17) is 4.74 Å². The molecule has 1 N–H and O–H groups in total. The number of hydrogen-bond acceptors (Lipinski definition) is 8. The van der Waals surface area contributed by atoms with E-state index in [2.05, 4.69) is 15.3 Å². The first-order valence-electron chi connectivity index (χ1n) is 5.87. The minimum absolute atomic E-state index is 0.0477. The van der Waals surface area contributed by atoms with Gasteiger partial charge in [-0.25, -0.2) is 23.2 Å². The van der Waals surface area contributed by atoms with Crippen molar-refractivity contribution in [3.8, 4) is 0 Å². The van der Waals surface area contributed by atoms with Crippen LogP contribution in [-0.2, 0) is 14.6 Å². The molecule has 112 valence electrons. The maximum absolute atomic E-state index is 11.8. The molecule has 7 nitrogen and oxygen atoms in total. The molecule has 0 aliphatic carbocycles. The van der Waals surface area contributed by atoms with Crippen molar-refractivity contribution in [3.63, 3.8) is 0 Å². The number of carbonyl (C=O) groups excluding carboxylic acids is 1. The zero-order chi connectivity index (χ0) is 15.2. The van der Waals surface area contributed by atoms with E-state index in [0.29, 0.717) is 5.16 Å². The average molecular weight is 319 g/mol. The third-order valence-electron chi connectivity index (χ3n) is 2.21. The molecule has 0 fully saturated rings. The third-order valence-corrected chi connectivity index (χ3v) is 3.72. The molecule has 0 atom stereocenters. The number of ether oxygens (including phenoxy) is 1. The van der Waals surface area contributed by atoms with Crippen molar-refractivity contribution in [2.24, 2.45) is 0 Å². The highest BCUT2D eigenvalue weighted by Gasteiger charge is 2.16. The van der Waals surface area contributed by atoms with E-state index < -0.39 is 15.8 Å². The molecule has 1 heterocycles. The molecule has 0 bridgehead atoms. The molecule has 0 amide bonds. The van der Waals surface area contributed by atoms with Crippen molar-refractivity contribution < 1.29 is 17.9 Å². The largest absolute Gasteiger partial charge is 0.462 e. The van der Waals surface area contributed by atoms with E-state index in [-0.39, 0.29) is 30.3 Å². The fourth-order valence-electron chi connectivity index (χ4n) is 1.31. The second-order valence-electron chi connectivity index (χ2n) is 3.90. The van der Waals surface area contributed by atoms with Crippen LogP contribution in [0.15, 0.2) is 11.4 Å². The normalized spacial score (nSPS) is 11.2. The summed E-state index contributed by atoms with van der Waals surface area (Å²) in [5.74, 6) is -0.304. The first-order valence-corrected chi connectivity index (χ1v) is 9.15. The number of carbonyl (C=O) groups is 1. The topological polar surface area (TPSA) is 98.2 Å². The third kappa shape index (κ3) is 5.33. The Bertz CT molecular complexity index is 575. The van der Waals surface area contributed by atoms with Crippen LogP contribution in [0.2, 0.25) is 0 Å². The number of hydrogen-bond donors (Lipinski definition) is 1. The van der Waals surface area contributed by atoms with Gasteiger partial charge in [-0.15, -0.1) is 0 Å². The lowest BCUT2D eigenvalue weighted by Gasteiger charge is -2.10. The Morgan fingerprint density at radius 3 is 2.75 bits per heavy atom. The van der Waals surface area contributed by atoms with Gasteiger partial charge >= 0.3 is 5.97 Å².